The molecule has 2 aromatic carbocycles. The Kier molecular flexibility index (Phi) is 4.42. The fourth-order valence-corrected chi connectivity index (χ4v) is 3.96. The van der Waals surface area contributed by atoms with Gasteiger partial charge < -0.3 is 15.0 Å². The predicted octanol–water partition coefficient (Wildman–Crippen LogP) is 4.83. The zero-order valence-corrected chi connectivity index (χ0v) is 14.8. The maximum absolute atomic E-state index is 12.8. The number of hydrogen-bond donors (Lipinski definition) is 1. The van der Waals surface area contributed by atoms with E-state index in [4.69, 9.17) is 16.3 Å². The molecule has 0 saturated carbocycles. The zero-order valence-electron chi connectivity index (χ0n) is 14.1. The molecule has 27 heavy (non-hydrogen) atoms. The molecule has 2 atom stereocenters. The predicted molar refractivity (Wildman–Crippen MR) is 95.3 cm³/mol. The molecular formula is C19H16ClF3N2O2. The molecule has 0 unspecified atom stereocenters. The number of amides is 1. The van der Waals surface area contributed by atoms with Crippen molar-refractivity contribution in [3.63, 3.8) is 0 Å². The van der Waals surface area contributed by atoms with Gasteiger partial charge in [-0.15, -0.1) is 0 Å². The number of rotatable bonds is 1. The number of halogens is 4. The van der Waals surface area contributed by atoms with Crippen LogP contribution in [0.4, 0.5) is 18.9 Å². The van der Waals surface area contributed by atoms with Gasteiger partial charge in [0.05, 0.1) is 17.8 Å². The molecular weight excluding hydrogens is 381 g/mol. The zero-order chi connectivity index (χ0) is 19.2. The standard InChI is InChI=1S/C19H16ClF3N2O2/c20-11-7-8-14-16(10-11)27-15-6-2-1-4-12(15)17-13(5-3-9-25(14)17)24-18(26)19(21,22)23/h1-2,4,6-8,10,13,17H,3,5,9H2,(H,24,26)/t13-,17+/m0/s1. The first kappa shape index (κ1) is 18.0. The third-order valence-electron chi connectivity index (χ3n) is 4.89. The highest BCUT2D eigenvalue weighted by molar-refractivity contribution is 6.30. The summed E-state index contributed by atoms with van der Waals surface area (Å²) >= 11 is 6.10. The van der Waals surface area contributed by atoms with Crippen molar-refractivity contribution in [3.8, 4) is 11.5 Å². The molecule has 1 N–H and O–H groups in total. The lowest BCUT2D eigenvalue weighted by molar-refractivity contribution is -0.174. The number of carbonyl (C=O) groups excluding carboxylic acids is 1. The van der Waals surface area contributed by atoms with Crippen molar-refractivity contribution < 1.29 is 22.7 Å². The highest BCUT2D eigenvalue weighted by Gasteiger charge is 2.44. The van der Waals surface area contributed by atoms with E-state index in [1.54, 1.807) is 36.4 Å². The average Bonchev–Trinajstić information content (AvgIpc) is 2.75. The maximum Gasteiger partial charge on any atom is 0.471 e. The van der Waals surface area contributed by atoms with Gasteiger partial charge >= 0.3 is 12.1 Å². The van der Waals surface area contributed by atoms with E-state index in [9.17, 15) is 18.0 Å². The highest BCUT2D eigenvalue weighted by atomic mass is 35.5. The molecule has 2 heterocycles. The van der Waals surface area contributed by atoms with E-state index in [-0.39, 0.29) is 0 Å². The van der Waals surface area contributed by atoms with E-state index >= 15 is 0 Å². The number of nitrogens with one attached hydrogen (secondary N) is 1. The maximum atomic E-state index is 12.8. The second-order valence-corrected chi connectivity index (χ2v) is 7.05. The van der Waals surface area contributed by atoms with E-state index in [0.717, 1.165) is 11.3 Å². The number of piperidine rings is 1. The van der Waals surface area contributed by atoms with Gasteiger partial charge in [0, 0.05) is 23.2 Å². The summed E-state index contributed by atoms with van der Waals surface area (Å²) in [5.41, 5.74) is 1.48. The van der Waals surface area contributed by atoms with E-state index in [1.807, 2.05) is 11.0 Å². The Bertz CT molecular complexity index is 887. The quantitative estimate of drug-likeness (QED) is 0.750. The van der Waals surface area contributed by atoms with Gasteiger partial charge in [-0.3, -0.25) is 4.79 Å². The molecule has 8 heteroatoms. The molecule has 0 spiro atoms. The van der Waals surface area contributed by atoms with Crippen LogP contribution in [-0.4, -0.2) is 24.7 Å². The molecule has 2 aliphatic rings. The van der Waals surface area contributed by atoms with Gasteiger partial charge in [-0.2, -0.15) is 13.2 Å². The molecule has 4 rings (SSSR count). The summed E-state index contributed by atoms with van der Waals surface area (Å²) in [4.78, 5) is 13.6. The van der Waals surface area contributed by atoms with Gasteiger partial charge in [-0.1, -0.05) is 29.8 Å². The topological polar surface area (TPSA) is 41.6 Å². The van der Waals surface area contributed by atoms with Crippen LogP contribution < -0.4 is 15.0 Å². The number of fused-ring (bicyclic) bond motifs is 5. The first-order chi connectivity index (χ1) is 12.8. The molecule has 2 aliphatic heterocycles. The number of para-hydroxylation sites is 1. The summed E-state index contributed by atoms with van der Waals surface area (Å²) in [6, 6.07) is 11.2. The summed E-state index contributed by atoms with van der Waals surface area (Å²) in [5.74, 6) is -0.838. The Balaban J connectivity index is 1.80. The molecule has 4 nitrogen and oxygen atoms in total. The van der Waals surface area contributed by atoms with E-state index in [2.05, 4.69) is 5.32 Å². The second-order valence-electron chi connectivity index (χ2n) is 6.61. The summed E-state index contributed by atoms with van der Waals surface area (Å²) in [7, 11) is 0. The van der Waals surface area contributed by atoms with Crippen LogP contribution in [0.2, 0.25) is 5.02 Å². The van der Waals surface area contributed by atoms with Crippen molar-refractivity contribution in [1.82, 2.24) is 5.32 Å². The van der Waals surface area contributed by atoms with E-state index in [1.165, 1.54) is 0 Å². The normalized spacial score (nSPS) is 21.3. The van der Waals surface area contributed by atoms with Crippen molar-refractivity contribution in [1.29, 1.82) is 0 Å². The lowest BCUT2D eigenvalue weighted by atomic mass is 9.89. The van der Waals surface area contributed by atoms with E-state index in [0.29, 0.717) is 35.9 Å². The Hall–Kier alpha value is -2.41. The summed E-state index contributed by atoms with van der Waals surface area (Å²) in [6.45, 7) is 0.634. The highest BCUT2D eigenvalue weighted by Crippen LogP contribution is 2.48. The van der Waals surface area contributed by atoms with Crippen molar-refractivity contribution >= 4 is 23.2 Å². The number of anilines is 1. The number of nitrogens with zero attached hydrogens (tertiary/aromatic N) is 1. The van der Waals surface area contributed by atoms with Gasteiger partial charge in [0.25, 0.3) is 0 Å². The lowest BCUT2D eigenvalue weighted by Crippen LogP contribution is -2.52. The molecule has 1 saturated heterocycles. The fourth-order valence-electron chi connectivity index (χ4n) is 3.80. The molecule has 0 bridgehead atoms. The first-order valence-electron chi connectivity index (χ1n) is 8.55. The Morgan fingerprint density at radius 2 is 1.96 bits per heavy atom. The van der Waals surface area contributed by atoms with Gasteiger partial charge in [0.1, 0.15) is 5.75 Å². The molecule has 1 fully saturated rings. The van der Waals surface area contributed by atoms with Crippen LogP contribution in [0.15, 0.2) is 42.5 Å². The Morgan fingerprint density at radius 1 is 1.19 bits per heavy atom. The SMILES string of the molecule is O=C(N[C@H]1CCCN2c3ccc(Cl)cc3Oc3ccccc3[C@H]12)C(F)(F)F. The summed E-state index contributed by atoms with van der Waals surface area (Å²) in [6.07, 6.45) is -3.84. The largest absolute Gasteiger partial charge is 0.471 e. The number of hydrogen-bond acceptors (Lipinski definition) is 3. The fraction of sp³-hybridized carbons (Fsp3) is 0.316. The van der Waals surface area contributed by atoms with Gasteiger partial charge in [-0.05, 0) is 31.0 Å². The minimum atomic E-state index is -4.92. The van der Waals surface area contributed by atoms with Crippen LogP contribution in [-0.2, 0) is 4.79 Å². The van der Waals surface area contributed by atoms with E-state index < -0.39 is 24.2 Å². The van der Waals surface area contributed by atoms with Gasteiger partial charge in [0.2, 0.25) is 0 Å². The number of alkyl halides is 3. The second kappa shape index (κ2) is 6.64. The number of carbonyl (C=O) groups is 1. The van der Waals surface area contributed by atoms with Crippen molar-refractivity contribution in [2.75, 3.05) is 11.4 Å². The number of benzene rings is 2. The third-order valence-corrected chi connectivity index (χ3v) is 5.13. The van der Waals surface area contributed by atoms with Gasteiger partial charge in [0.15, 0.2) is 5.75 Å². The van der Waals surface area contributed by atoms with Crippen molar-refractivity contribution in [3.05, 3.63) is 53.1 Å². The Morgan fingerprint density at radius 3 is 2.74 bits per heavy atom. The van der Waals surface area contributed by atoms with Crippen molar-refractivity contribution in [2.24, 2.45) is 0 Å². The van der Waals surface area contributed by atoms with Crippen LogP contribution in [0.1, 0.15) is 24.4 Å². The summed E-state index contributed by atoms with van der Waals surface area (Å²) in [5, 5.41) is 2.69. The smallest absolute Gasteiger partial charge is 0.455 e. The van der Waals surface area contributed by atoms with Crippen LogP contribution in [0.5, 0.6) is 11.5 Å². The lowest BCUT2D eigenvalue weighted by Gasteiger charge is -2.42. The molecule has 0 aromatic heterocycles. The number of ether oxygens (including phenoxy) is 1. The average molecular weight is 397 g/mol. The van der Waals surface area contributed by atoms with Crippen LogP contribution in [0, 0.1) is 0 Å². The first-order valence-corrected chi connectivity index (χ1v) is 8.93. The Labute approximate surface area is 158 Å². The van der Waals surface area contributed by atoms with Crippen LogP contribution in [0.3, 0.4) is 0 Å². The molecule has 1 amide bonds. The molecule has 0 radical (unpaired) electrons. The summed E-state index contributed by atoms with van der Waals surface area (Å²) < 4.78 is 44.5. The van der Waals surface area contributed by atoms with Crippen LogP contribution >= 0.6 is 11.6 Å². The minimum absolute atomic E-state index is 0.445. The monoisotopic (exact) mass is 396 g/mol. The van der Waals surface area contributed by atoms with Crippen molar-refractivity contribution in [2.45, 2.75) is 31.1 Å². The van der Waals surface area contributed by atoms with Gasteiger partial charge in [-0.25, -0.2) is 0 Å². The third kappa shape index (κ3) is 3.32. The molecule has 0 aliphatic carbocycles. The van der Waals surface area contributed by atoms with Crippen LogP contribution in [0.25, 0.3) is 0 Å². The minimum Gasteiger partial charge on any atom is -0.455 e. The molecule has 142 valence electrons. The molecule has 2 aromatic rings.